The van der Waals surface area contributed by atoms with Gasteiger partial charge in [0.2, 0.25) is 0 Å². The van der Waals surface area contributed by atoms with Crippen LogP contribution in [0.25, 0.3) is 0 Å². The molecule has 0 radical (unpaired) electrons. The lowest BCUT2D eigenvalue weighted by Crippen LogP contribution is -2.36. The first kappa shape index (κ1) is 13.0. The van der Waals surface area contributed by atoms with Crippen molar-refractivity contribution in [1.82, 2.24) is 0 Å². The maximum Gasteiger partial charge on any atom is 0.115 e. The van der Waals surface area contributed by atoms with Gasteiger partial charge in [-0.05, 0) is 66.7 Å². The van der Waals surface area contributed by atoms with Crippen molar-refractivity contribution < 1.29 is 5.11 Å². The SMILES string of the molecule is C#CC1CCC2C3=CCc4cc(O)ccc4C3CCC12C. The smallest absolute Gasteiger partial charge is 0.115 e. The molecule has 0 aromatic heterocycles. The number of phenols is 1. The Kier molecular flexibility index (Phi) is 2.73. The van der Waals surface area contributed by atoms with E-state index in [1.807, 2.05) is 12.1 Å². The third-order valence-electron chi connectivity index (χ3n) is 6.37. The molecule has 3 aliphatic carbocycles. The van der Waals surface area contributed by atoms with Crippen molar-refractivity contribution in [1.29, 1.82) is 0 Å². The molecule has 1 aromatic rings. The van der Waals surface area contributed by atoms with Crippen LogP contribution in [0.5, 0.6) is 5.75 Å². The molecular formula is C20H22O. The Morgan fingerprint density at radius 1 is 1.29 bits per heavy atom. The quantitative estimate of drug-likeness (QED) is 0.550. The van der Waals surface area contributed by atoms with E-state index in [0.717, 1.165) is 6.42 Å². The van der Waals surface area contributed by atoms with E-state index in [2.05, 4.69) is 25.0 Å². The molecule has 0 aliphatic heterocycles. The van der Waals surface area contributed by atoms with Crippen LogP contribution in [-0.4, -0.2) is 5.11 Å². The Morgan fingerprint density at radius 3 is 2.95 bits per heavy atom. The molecule has 0 spiro atoms. The molecule has 2 fully saturated rings. The second-order valence-electron chi connectivity index (χ2n) is 7.24. The van der Waals surface area contributed by atoms with E-state index in [1.54, 1.807) is 5.57 Å². The van der Waals surface area contributed by atoms with Crippen molar-refractivity contribution in [2.24, 2.45) is 17.3 Å². The number of hydrogen-bond donors (Lipinski definition) is 1. The van der Waals surface area contributed by atoms with E-state index in [9.17, 15) is 5.11 Å². The molecule has 21 heavy (non-hydrogen) atoms. The van der Waals surface area contributed by atoms with Crippen LogP contribution in [0.2, 0.25) is 0 Å². The van der Waals surface area contributed by atoms with Crippen molar-refractivity contribution in [2.75, 3.05) is 0 Å². The number of allylic oxidation sites excluding steroid dienone is 2. The molecule has 0 saturated heterocycles. The van der Waals surface area contributed by atoms with Crippen LogP contribution in [0.1, 0.15) is 49.7 Å². The van der Waals surface area contributed by atoms with Gasteiger partial charge in [0.25, 0.3) is 0 Å². The van der Waals surface area contributed by atoms with E-state index in [4.69, 9.17) is 6.42 Å². The molecule has 0 bridgehead atoms. The van der Waals surface area contributed by atoms with Crippen LogP contribution in [0.15, 0.2) is 29.8 Å². The summed E-state index contributed by atoms with van der Waals surface area (Å²) in [6.45, 7) is 2.42. The zero-order valence-corrected chi connectivity index (χ0v) is 12.6. The van der Waals surface area contributed by atoms with E-state index in [0.29, 0.717) is 28.9 Å². The van der Waals surface area contributed by atoms with Crippen LogP contribution in [0, 0.1) is 29.6 Å². The first-order valence-corrected chi connectivity index (χ1v) is 8.11. The molecule has 1 N–H and O–H groups in total. The topological polar surface area (TPSA) is 20.2 Å². The summed E-state index contributed by atoms with van der Waals surface area (Å²) in [5.41, 5.74) is 4.70. The van der Waals surface area contributed by atoms with Crippen LogP contribution < -0.4 is 0 Å². The Bertz CT molecular complexity index is 663. The van der Waals surface area contributed by atoms with Gasteiger partial charge in [-0.2, -0.15) is 0 Å². The van der Waals surface area contributed by atoms with Crippen molar-refractivity contribution in [3.63, 3.8) is 0 Å². The van der Waals surface area contributed by atoms with Gasteiger partial charge in [0.1, 0.15) is 5.75 Å². The lowest BCUT2D eigenvalue weighted by molar-refractivity contribution is 0.156. The van der Waals surface area contributed by atoms with E-state index >= 15 is 0 Å². The van der Waals surface area contributed by atoms with Gasteiger partial charge in [0.15, 0.2) is 0 Å². The number of phenolic OH excluding ortho intramolecular Hbond substituents is 1. The van der Waals surface area contributed by atoms with Crippen LogP contribution >= 0.6 is 0 Å². The average molecular weight is 278 g/mol. The lowest BCUT2D eigenvalue weighted by Gasteiger charge is -2.46. The zero-order valence-electron chi connectivity index (χ0n) is 12.6. The van der Waals surface area contributed by atoms with E-state index in [1.165, 1.54) is 36.8 Å². The Balaban J connectivity index is 1.75. The number of fused-ring (bicyclic) bond motifs is 5. The minimum Gasteiger partial charge on any atom is -0.508 e. The zero-order chi connectivity index (χ0) is 14.6. The van der Waals surface area contributed by atoms with Crippen molar-refractivity contribution in [2.45, 2.75) is 44.9 Å². The minimum absolute atomic E-state index is 0.311. The minimum atomic E-state index is 0.311. The number of rotatable bonds is 0. The molecule has 3 aliphatic rings. The number of benzene rings is 1. The second kappa shape index (κ2) is 4.41. The first-order valence-electron chi connectivity index (χ1n) is 8.11. The van der Waals surface area contributed by atoms with Gasteiger partial charge in [-0.25, -0.2) is 0 Å². The Hall–Kier alpha value is -1.68. The molecule has 0 amide bonds. The Labute approximate surface area is 127 Å². The summed E-state index contributed by atoms with van der Waals surface area (Å²) in [5, 5.41) is 9.70. The molecular weight excluding hydrogens is 256 g/mol. The van der Waals surface area contributed by atoms with Crippen LogP contribution in [0.3, 0.4) is 0 Å². The molecule has 1 nitrogen and oxygen atoms in total. The maximum atomic E-state index is 9.70. The summed E-state index contributed by atoms with van der Waals surface area (Å²) in [4.78, 5) is 0. The highest BCUT2D eigenvalue weighted by molar-refractivity contribution is 5.47. The molecule has 4 rings (SSSR count). The van der Waals surface area contributed by atoms with Gasteiger partial charge in [-0.3, -0.25) is 0 Å². The highest BCUT2D eigenvalue weighted by Gasteiger charge is 2.51. The predicted molar refractivity (Wildman–Crippen MR) is 85.0 cm³/mol. The Morgan fingerprint density at radius 2 is 2.14 bits per heavy atom. The largest absolute Gasteiger partial charge is 0.508 e. The van der Waals surface area contributed by atoms with Gasteiger partial charge < -0.3 is 5.11 Å². The summed E-state index contributed by atoms with van der Waals surface area (Å²) in [5.74, 6) is 5.13. The lowest BCUT2D eigenvalue weighted by atomic mass is 9.58. The van der Waals surface area contributed by atoms with Crippen LogP contribution in [-0.2, 0) is 6.42 Å². The highest BCUT2D eigenvalue weighted by Crippen LogP contribution is 2.61. The fraction of sp³-hybridized carbons (Fsp3) is 0.500. The van der Waals surface area contributed by atoms with Gasteiger partial charge in [0.05, 0.1) is 0 Å². The molecule has 4 atom stereocenters. The van der Waals surface area contributed by atoms with Crippen molar-refractivity contribution >= 4 is 0 Å². The standard InChI is InChI=1S/C20H22O/c1-3-14-5-9-19-18-7-4-13-12-15(21)6-8-16(13)17(18)10-11-20(14,19)2/h1,6-8,12,14,17,19,21H,4-5,9-11H2,2H3. The molecule has 1 aromatic carbocycles. The molecule has 2 saturated carbocycles. The molecule has 108 valence electrons. The predicted octanol–water partition coefficient (Wildman–Crippen LogP) is 4.42. The molecule has 1 heteroatoms. The summed E-state index contributed by atoms with van der Waals surface area (Å²) in [6.07, 6.45) is 14.1. The third-order valence-corrected chi connectivity index (χ3v) is 6.37. The summed E-state index contributed by atoms with van der Waals surface area (Å²) >= 11 is 0. The monoisotopic (exact) mass is 278 g/mol. The molecule has 4 unspecified atom stereocenters. The summed E-state index contributed by atoms with van der Waals surface area (Å²) in [7, 11) is 0. The first-order chi connectivity index (χ1) is 10.1. The average Bonchev–Trinajstić information content (AvgIpc) is 2.83. The third kappa shape index (κ3) is 1.72. The second-order valence-corrected chi connectivity index (χ2v) is 7.24. The van der Waals surface area contributed by atoms with Crippen molar-refractivity contribution in [3.8, 4) is 18.1 Å². The number of terminal acetylenes is 1. The fourth-order valence-electron chi connectivity index (χ4n) is 5.23. The van der Waals surface area contributed by atoms with Crippen LogP contribution in [0.4, 0.5) is 0 Å². The maximum absolute atomic E-state index is 9.70. The van der Waals surface area contributed by atoms with Crippen molar-refractivity contribution in [3.05, 3.63) is 41.0 Å². The normalized spacial score (nSPS) is 37.0. The highest BCUT2D eigenvalue weighted by atomic mass is 16.3. The van der Waals surface area contributed by atoms with Gasteiger partial charge in [-0.1, -0.05) is 24.6 Å². The fourth-order valence-corrected chi connectivity index (χ4v) is 5.23. The number of hydrogen-bond acceptors (Lipinski definition) is 1. The van der Waals surface area contributed by atoms with Gasteiger partial charge >= 0.3 is 0 Å². The summed E-state index contributed by atoms with van der Waals surface area (Å²) < 4.78 is 0. The van der Waals surface area contributed by atoms with E-state index < -0.39 is 0 Å². The molecule has 0 heterocycles. The number of aromatic hydroxyl groups is 1. The van der Waals surface area contributed by atoms with Gasteiger partial charge in [0, 0.05) is 11.8 Å². The summed E-state index contributed by atoms with van der Waals surface area (Å²) in [6, 6.07) is 5.92. The van der Waals surface area contributed by atoms with E-state index in [-0.39, 0.29) is 0 Å². The van der Waals surface area contributed by atoms with Gasteiger partial charge in [-0.15, -0.1) is 12.3 Å².